The number of nitrogens with one attached hydrogen (secondary N) is 1. The molecule has 1 aromatic heterocycles. The summed E-state index contributed by atoms with van der Waals surface area (Å²) in [5.41, 5.74) is 2.79. The van der Waals surface area contributed by atoms with E-state index in [2.05, 4.69) is 16.4 Å². The van der Waals surface area contributed by atoms with Gasteiger partial charge in [0, 0.05) is 31.4 Å². The first kappa shape index (κ1) is 26.6. The molecule has 4 rings (SSSR count). The molecule has 3 atom stereocenters. The number of aromatic nitrogens is 1. The van der Waals surface area contributed by atoms with Crippen LogP contribution in [0.3, 0.4) is 0 Å². The van der Waals surface area contributed by atoms with E-state index < -0.39 is 24.0 Å². The number of ether oxygens (including phenoxy) is 1. The van der Waals surface area contributed by atoms with Crippen LogP contribution in [0.2, 0.25) is 0 Å². The zero-order valence-electron chi connectivity index (χ0n) is 21.6. The second-order valence-electron chi connectivity index (χ2n) is 10.00. The first-order chi connectivity index (χ1) is 17.8. The number of nitrogens with zero attached hydrogens (tertiary/aromatic N) is 3. The average molecular weight is 511 g/mol. The Hall–Kier alpha value is -3.46. The minimum atomic E-state index is -0.476. The van der Waals surface area contributed by atoms with Crippen LogP contribution in [-0.4, -0.2) is 70.7 Å². The van der Waals surface area contributed by atoms with Crippen molar-refractivity contribution in [2.75, 3.05) is 32.1 Å². The van der Waals surface area contributed by atoms with Gasteiger partial charge in [-0.15, -0.1) is 0 Å². The Morgan fingerprint density at radius 3 is 2.86 bits per heavy atom. The Balaban J connectivity index is 1.60. The molecule has 1 aromatic carbocycles. The highest BCUT2D eigenvalue weighted by molar-refractivity contribution is 5.97. The Morgan fingerprint density at radius 2 is 2.16 bits per heavy atom. The number of hydrogen-bond donors (Lipinski definition) is 2. The molecule has 37 heavy (non-hydrogen) atoms. The van der Waals surface area contributed by atoms with Crippen LogP contribution < -0.4 is 10.1 Å². The summed E-state index contributed by atoms with van der Waals surface area (Å²) in [7, 11) is 1.63. The topological polar surface area (TPSA) is 95.0 Å². The van der Waals surface area contributed by atoms with E-state index in [1.807, 2.05) is 13.0 Å². The third-order valence-electron chi connectivity index (χ3n) is 7.06. The van der Waals surface area contributed by atoms with Crippen LogP contribution in [0, 0.1) is 11.7 Å². The Morgan fingerprint density at radius 1 is 1.35 bits per heavy atom. The van der Waals surface area contributed by atoms with Gasteiger partial charge < -0.3 is 25.0 Å². The molecular weight excluding hydrogens is 475 g/mol. The molecule has 0 saturated heterocycles. The largest absolute Gasteiger partial charge is 0.472 e. The van der Waals surface area contributed by atoms with Crippen molar-refractivity contribution < 1.29 is 23.8 Å². The maximum Gasteiger partial charge on any atom is 0.321 e. The fourth-order valence-electron chi connectivity index (χ4n) is 4.73. The minimum Gasteiger partial charge on any atom is -0.472 e. The first-order valence-electron chi connectivity index (χ1n) is 12.8. The highest BCUT2D eigenvalue weighted by atomic mass is 19.1. The average Bonchev–Trinajstić information content (AvgIpc) is 2.90. The van der Waals surface area contributed by atoms with E-state index in [-0.39, 0.29) is 30.9 Å². The maximum atomic E-state index is 13.6. The molecule has 2 aliphatic rings. The van der Waals surface area contributed by atoms with E-state index in [1.54, 1.807) is 31.1 Å². The van der Waals surface area contributed by atoms with E-state index >= 15 is 0 Å². The highest BCUT2D eigenvalue weighted by Crippen LogP contribution is 2.32. The van der Waals surface area contributed by atoms with Crippen molar-refractivity contribution in [3.63, 3.8) is 0 Å². The van der Waals surface area contributed by atoms with Gasteiger partial charge in [-0.05, 0) is 68.0 Å². The molecule has 0 bridgehead atoms. The number of fused-ring (bicyclic) bond motifs is 1. The highest BCUT2D eigenvalue weighted by Gasteiger charge is 2.35. The van der Waals surface area contributed by atoms with Gasteiger partial charge in [-0.1, -0.05) is 19.1 Å². The molecule has 8 nitrogen and oxygen atoms in total. The molecule has 1 aliphatic carbocycles. The van der Waals surface area contributed by atoms with Gasteiger partial charge in [-0.2, -0.15) is 0 Å². The van der Waals surface area contributed by atoms with E-state index in [0.717, 1.165) is 31.2 Å². The molecule has 9 heteroatoms. The molecule has 0 fully saturated rings. The van der Waals surface area contributed by atoms with Crippen molar-refractivity contribution in [3.05, 3.63) is 59.5 Å². The summed E-state index contributed by atoms with van der Waals surface area (Å²) in [4.78, 5) is 34.1. The summed E-state index contributed by atoms with van der Waals surface area (Å²) >= 11 is 0. The van der Waals surface area contributed by atoms with Crippen molar-refractivity contribution in [1.82, 2.24) is 14.8 Å². The number of carbonyl (C=O) groups is 2. The predicted octanol–water partition coefficient (Wildman–Crippen LogP) is 4.56. The number of pyridine rings is 1. The number of urea groups is 1. The van der Waals surface area contributed by atoms with Gasteiger partial charge in [0.15, 0.2) is 0 Å². The smallest absolute Gasteiger partial charge is 0.321 e. The normalized spacial score (nSPS) is 20.6. The molecule has 2 heterocycles. The number of carbonyl (C=O) groups excluding carboxylic acids is 2. The van der Waals surface area contributed by atoms with Gasteiger partial charge in [0.05, 0.1) is 19.2 Å². The van der Waals surface area contributed by atoms with Crippen LogP contribution in [0.15, 0.2) is 42.6 Å². The summed E-state index contributed by atoms with van der Waals surface area (Å²) in [6.07, 6.45) is 7.68. The monoisotopic (exact) mass is 510 g/mol. The summed E-state index contributed by atoms with van der Waals surface area (Å²) < 4.78 is 19.8. The SMILES string of the molecule is C[C@@H]1CN([C@H](C)CO)C(=O)c2cc(C3=CCCCC3)cnc2O[C@H]1CN(C)C(=O)Nc1cccc(F)c1. The summed E-state index contributed by atoms with van der Waals surface area (Å²) in [5.74, 6) is -0.620. The number of halogens is 1. The van der Waals surface area contributed by atoms with E-state index in [4.69, 9.17) is 4.74 Å². The van der Waals surface area contributed by atoms with Crippen LogP contribution in [0.5, 0.6) is 5.88 Å². The second-order valence-corrected chi connectivity index (χ2v) is 10.00. The number of amides is 3. The van der Waals surface area contributed by atoms with Gasteiger partial charge in [-0.25, -0.2) is 14.2 Å². The molecule has 0 spiro atoms. The lowest BCUT2D eigenvalue weighted by Gasteiger charge is -2.37. The van der Waals surface area contributed by atoms with Crippen LogP contribution in [-0.2, 0) is 0 Å². The summed E-state index contributed by atoms with van der Waals surface area (Å²) in [6.45, 7) is 4.14. The van der Waals surface area contributed by atoms with Gasteiger partial charge in [0.1, 0.15) is 17.5 Å². The van der Waals surface area contributed by atoms with Crippen molar-refractivity contribution in [2.45, 2.75) is 51.7 Å². The standard InChI is InChI=1S/C28H35FN4O4/c1-18-15-33(19(2)17-34)27(35)24-12-21(20-8-5-4-6-9-20)14-30-26(24)37-25(18)16-32(3)28(36)31-23-11-7-10-22(29)13-23/h7-8,10-14,18-19,25,34H,4-6,9,15-17H2,1-3H3,(H,31,36)/t18-,19-,25+/m1/s1. The quantitative estimate of drug-likeness (QED) is 0.594. The fourth-order valence-corrected chi connectivity index (χ4v) is 4.73. The zero-order chi connectivity index (χ0) is 26.5. The van der Waals surface area contributed by atoms with Crippen molar-refractivity contribution >= 4 is 23.2 Å². The molecule has 1 aliphatic heterocycles. The second kappa shape index (κ2) is 11.7. The van der Waals surface area contributed by atoms with Crippen LogP contribution in [0.25, 0.3) is 5.57 Å². The Labute approximate surface area is 217 Å². The predicted molar refractivity (Wildman–Crippen MR) is 140 cm³/mol. The molecule has 0 unspecified atom stereocenters. The lowest BCUT2D eigenvalue weighted by molar-refractivity contribution is 0.0356. The molecule has 198 valence electrons. The number of rotatable bonds is 6. The molecule has 0 saturated carbocycles. The third-order valence-corrected chi connectivity index (χ3v) is 7.06. The van der Waals surface area contributed by atoms with Crippen LogP contribution in [0.1, 0.15) is 55.5 Å². The van der Waals surface area contributed by atoms with Gasteiger partial charge in [-0.3, -0.25) is 4.79 Å². The summed E-state index contributed by atoms with van der Waals surface area (Å²) in [5, 5.41) is 12.6. The fraction of sp³-hybridized carbons (Fsp3) is 0.464. The molecule has 2 N–H and O–H groups in total. The van der Waals surface area contributed by atoms with Gasteiger partial charge in [0.2, 0.25) is 5.88 Å². The number of likely N-dealkylation sites (N-methyl/N-ethyl adjacent to an activating group) is 1. The van der Waals surface area contributed by atoms with Crippen LogP contribution in [0.4, 0.5) is 14.9 Å². The number of anilines is 1. The third kappa shape index (κ3) is 6.28. The van der Waals surface area contributed by atoms with E-state index in [1.165, 1.54) is 28.7 Å². The molecule has 2 aromatic rings. The Kier molecular flexibility index (Phi) is 8.43. The van der Waals surface area contributed by atoms with Crippen molar-refractivity contribution in [3.8, 4) is 5.88 Å². The molecule has 3 amide bonds. The summed E-state index contributed by atoms with van der Waals surface area (Å²) in [6, 6.07) is 6.74. The van der Waals surface area contributed by atoms with Crippen molar-refractivity contribution in [1.29, 1.82) is 0 Å². The lowest BCUT2D eigenvalue weighted by Crippen LogP contribution is -2.50. The minimum absolute atomic E-state index is 0.168. The van der Waals surface area contributed by atoms with Gasteiger partial charge in [0.25, 0.3) is 5.91 Å². The Bertz CT molecular complexity index is 1170. The molecule has 0 radical (unpaired) electrons. The maximum absolute atomic E-state index is 13.6. The van der Waals surface area contributed by atoms with Gasteiger partial charge >= 0.3 is 6.03 Å². The first-order valence-corrected chi connectivity index (χ1v) is 12.8. The molecular formula is C28H35FN4O4. The van der Waals surface area contributed by atoms with E-state index in [0.29, 0.717) is 17.8 Å². The number of allylic oxidation sites excluding steroid dienone is 2. The number of aliphatic hydroxyl groups excluding tert-OH is 1. The number of aliphatic hydroxyl groups is 1. The zero-order valence-corrected chi connectivity index (χ0v) is 21.6. The lowest BCUT2D eigenvalue weighted by atomic mass is 9.93. The number of benzene rings is 1. The van der Waals surface area contributed by atoms with Crippen molar-refractivity contribution in [2.24, 2.45) is 5.92 Å². The van der Waals surface area contributed by atoms with E-state index in [9.17, 15) is 19.1 Å². The van der Waals surface area contributed by atoms with Crippen LogP contribution >= 0.6 is 0 Å². The number of hydrogen-bond acceptors (Lipinski definition) is 5.